The van der Waals surface area contributed by atoms with Gasteiger partial charge in [-0.15, -0.1) is 0 Å². The molecule has 214 valence electrons. The quantitative estimate of drug-likeness (QED) is 0.314. The van der Waals surface area contributed by atoms with Crippen LogP contribution < -0.4 is 9.62 Å². The maximum Gasteiger partial charge on any atom is 0.244 e. The van der Waals surface area contributed by atoms with Crippen molar-refractivity contribution in [2.24, 2.45) is 0 Å². The van der Waals surface area contributed by atoms with Crippen LogP contribution >= 0.6 is 11.6 Å². The number of amides is 2. The summed E-state index contributed by atoms with van der Waals surface area (Å²) >= 11 is 6.25. The summed E-state index contributed by atoms with van der Waals surface area (Å²) in [6.07, 6.45) is 2.06. The van der Waals surface area contributed by atoms with Crippen LogP contribution in [-0.2, 0) is 32.6 Å². The molecule has 0 spiro atoms. The SMILES string of the molecule is CC[C@@H](C)NC(=O)[C@@H](Cc1ccccc1)N(Cc1cccc(Cl)c1)C(=O)CN(c1ccc(C)c(C)c1)S(C)(=O)=O. The molecule has 0 bridgehead atoms. The molecule has 3 aromatic rings. The van der Waals surface area contributed by atoms with E-state index in [-0.39, 0.29) is 24.9 Å². The number of nitrogens with zero attached hydrogens (tertiary/aromatic N) is 2. The van der Waals surface area contributed by atoms with E-state index in [2.05, 4.69) is 5.32 Å². The van der Waals surface area contributed by atoms with Crippen molar-refractivity contribution in [1.29, 1.82) is 0 Å². The van der Waals surface area contributed by atoms with Crippen LogP contribution in [0.4, 0.5) is 5.69 Å². The molecule has 9 heteroatoms. The second-order valence-electron chi connectivity index (χ2n) is 10.2. The van der Waals surface area contributed by atoms with Gasteiger partial charge in [0.1, 0.15) is 12.6 Å². The molecule has 2 atom stereocenters. The molecule has 0 aromatic heterocycles. The maximum atomic E-state index is 14.1. The predicted molar refractivity (Wildman–Crippen MR) is 162 cm³/mol. The van der Waals surface area contributed by atoms with Gasteiger partial charge in [-0.05, 0) is 73.7 Å². The maximum absolute atomic E-state index is 14.1. The lowest BCUT2D eigenvalue weighted by Crippen LogP contribution is -2.54. The highest BCUT2D eigenvalue weighted by Crippen LogP contribution is 2.23. The first-order valence-corrected chi connectivity index (χ1v) is 15.5. The first-order valence-electron chi connectivity index (χ1n) is 13.3. The molecule has 1 N–H and O–H groups in total. The Morgan fingerprint density at radius 3 is 2.20 bits per heavy atom. The van der Waals surface area contributed by atoms with Crippen molar-refractivity contribution < 1.29 is 18.0 Å². The molecular formula is C31H38ClN3O4S. The van der Waals surface area contributed by atoms with Crippen molar-refractivity contribution in [2.75, 3.05) is 17.1 Å². The molecule has 40 heavy (non-hydrogen) atoms. The second-order valence-corrected chi connectivity index (χ2v) is 12.6. The third-order valence-electron chi connectivity index (χ3n) is 6.97. The van der Waals surface area contributed by atoms with Crippen molar-refractivity contribution in [1.82, 2.24) is 10.2 Å². The van der Waals surface area contributed by atoms with Crippen LogP contribution in [0.3, 0.4) is 0 Å². The fraction of sp³-hybridized carbons (Fsp3) is 0.355. The number of benzene rings is 3. The van der Waals surface area contributed by atoms with E-state index in [9.17, 15) is 18.0 Å². The van der Waals surface area contributed by atoms with Gasteiger partial charge in [-0.2, -0.15) is 0 Å². The number of hydrogen-bond donors (Lipinski definition) is 1. The average molecular weight is 584 g/mol. The minimum Gasteiger partial charge on any atom is -0.352 e. The number of nitrogens with one attached hydrogen (secondary N) is 1. The molecule has 0 aliphatic rings. The van der Waals surface area contributed by atoms with Crippen LogP contribution in [0.25, 0.3) is 0 Å². The highest BCUT2D eigenvalue weighted by atomic mass is 35.5. The third-order valence-corrected chi connectivity index (χ3v) is 8.35. The van der Waals surface area contributed by atoms with Crippen LogP contribution in [0.1, 0.15) is 42.5 Å². The fourth-order valence-electron chi connectivity index (χ4n) is 4.32. The zero-order chi connectivity index (χ0) is 29.4. The Labute approximate surface area is 243 Å². The van der Waals surface area contributed by atoms with E-state index < -0.39 is 28.5 Å². The van der Waals surface area contributed by atoms with Crippen molar-refractivity contribution in [3.8, 4) is 0 Å². The molecule has 7 nitrogen and oxygen atoms in total. The second kappa shape index (κ2) is 13.8. The van der Waals surface area contributed by atoms with E-state index in [1.165, 1.54) is 4.90 Å². The standard InChI is InChI=1S/C31H38ClN3O4S/c1-6-24(4)33-31(37)29(19-25-11-8-7-9-12-25)34(20-26-13-10-14-27(32)18-26)30(36)21-35(40(5,38)39)28-16-15-22(2)23(3)17-28/h7-18,24,29H,6,19-21H2,1-5H3,(H,33,37)/t24-,29-/m1/s1. The van der Waals surface area contributed by atoms with Crippen molar-refractivity contribution >= 4 is 39.1 Å². The highest BCUT2D eigenvalue weighted by molar-refractivity contribution is 7.92. The van der Waals surface area contributed by atoms with E-state index in [0.717, 1.165) is 39.2 Å². The molecule has 3 aromatic carbocycles. The number of hydrogen-bond acceptors (Lipinski definition) is 4. The number of halogens is 1. The van der Waals surface area contributed by atoms with Crippen LogP contribution in [0, 0.1) is 13.8 Å². The lowest BCUT2D eigenvalue weighted by atomic mass is 10.0. The normalized spacial score (nSPS) is 12.8. The molecule has 0 radical (unpaired) electrons. The molecule has 0 aliphatic heterocycles. The summed E-state index contributed by atoms with van der Waals surface area (Å²) in [7, 11) is -3.82. The summed E-state index contributed by atoms with van der Waals surface area (Å²) in [5.41, 5.74) is 3.92. The molecule has 0 aliphatic carbocycles. The molecule has 0 heterocycles. The van der Waals surface area contributed by atoms with Gasteiger partial charge in [0, 0.05) is 24.0 Å². The van der Waals surface area contributed by atoms with E-state index in [0.29, 0.717) is 10.7 Å². The van der Waals surface area contributed by atoms with Crippen LogP contribution in [0.2, 0.25) is 5.02 Å². The lowest BCUT2D eigenvalue weighted by Gasteiger charge is -2.34. The lowest BCUT2D eigenvalue weighted by molar-refractivity contribution is -0.140. The Kier molecular flexibility index (Phi) is 10.8. The Bertz CT molecular complexity index is 1430. The van der Waals surface area contributed by atoms with Gasteiger partial charge < -0.3 is 10.2 Å². The number of carbonyl (C=O) groups is 2. The van der Waals surface area contributed by atoms with E-state index in [1.807, 2.05) is 70.2 Å². The molecule has 0 fully saturated rings. The predicted octanol–water partition coefficient (Wildman–Crippen LogP) is 5.28. The zero-order valence-corrected chi connectivity index (χ0v) is 25.3. The number of sulfonamides is 1. The summed E-state index contributed by atoms with van der Waals surface area (Å²) in [6.45, 7) is 7.33. The van der Waals surface area contributed by atoms with Gasteiger partial charge in [0.15, 0.2) is 0 Å². The molecule has 0 saturated heterocycles. The Balaban J connectivity index is 2.07. The van der Waals surface area contributed by atoms with E-state index in [4.69, 9.17) is 11.6 Å². The minimum atomic E-state index is -3.82. The van der Waals surface area contributed by atoms with E-state index in [1.54, 1.807) is 30.3 Å². The summed E-state index contributed by atoms with van der Waals surface area (Å²) < 4.78 is 26.9. The molecule has 2 amide bonds. The summed E-state index contributed by atoms with van der Waals surface area (Å²) in [6, 6.07) is 20.8. The average Bonchev–Trinajstić information content (AvgIpc) is 2.90. The Hall–Kier alpha value is -3.36. The molecular weight excluding hydrogens is 546 g/mol. The van der Waals surface area contributed by atoms with Gasteiger partial charge in [-0.25, -0.2) is 8.42 Å². The van der Waals surface area contributed by atoms with Crippen molar-refractivity contribution in [3.63, 3.8) is 0 Å². The topological polar surface area (TPSA) is 86.8 Å². The smallest absolute Gasteiger partial charge is 0.244 e. The molecule has 0 saturated carbocycles. The first kappa shape index (κ1) is 31.2. The first-order chi connectivity index (χ1) is 18.9. The van der Waals surface area contributed by atoms with Gasteiger partial charge in [0.2, 0.25) is 21.8 Å². The Morgan fingerprint density at radius 2 is 1.60 bits per heavy atom. The summed E-state index contributed by atoms with van der Waals surface area (Å²) in [5, 5.41) is 3.52. The highest BCUT2D eigenvalue weighted by Gasteiger charge is 2.33. The van der Waals surface area contributed by atoms with Crippen LogP contribution in [0.5, 0.6) is 0 Å². The number of anilines is 1. The largest absolute Gasteiger partial charge is 0.352 e. The fourth-order valence-corrected chi connectivity index (χ4v) is 5.38. The van der Waals surface area contributed by atoms with Crippen LogP contribution in [-0.4, -0.2) is 50.0 Å². The van der Waals surface area contributed by atoms with Gasteiger partial charge in [-0.1, -0.05) is 67.1 Å². The van der Waals surface area contributed by atoms with Gasteiger partial charge in [0.05, 0.1) is 11.9 Å². The minimum absolute atomic E-state index is 0.0787. The van der Waals surface area contributed by atoms with E-state index >= 15 is 0 Å². The molecule has 3 rings (SSSR count). The Morgan fingerprint density at radius 1 is 0.925 bits per heavy atom. The van der Waals surface area contributed by atoms with Gasteiger partial charge >= 0.3 is 0 Å². The number of rotatable bonds is 12. The number of aryl methyl sites for hydroxylation is 2. The molecule has 0 unspecified atom stereocenters. The summed E-state index contributed by atoms with van der Waals surface area (Å²) in [4.78, 5) is 29.3. The number of carbonyl (C=O) groups excluding carboxylic acids is 2. The van der Waals surface area contributed by atoms with Crippen molar-refractivity contribution in [2.45, 2.75) is 59.2 Å². The van der Waals surface area contributed by atoms with Crippen LogP contribution in [0.15, 0.2) is 72.8 Å². The monoisotopic (exact) mass is 583 g/mol. The van der Waals surface area contributed by atoms with Gasteiger partial charge in [0.25, 0.3) is 0 Å². The van der Waals surface area contributed by atoms with Crippen molar-refractivity contribution in [3.05, 3.63) is 100 Å². The third kappa shape index (κ3) is 8.57. The zero-order valence-electron chi connectivity index (χ0n) is 23.7. The summed E-state index contributed by atoms with van der Waals surface area (Å²) in [5.74, 6) is -0.797. The van der Waals surface area contributed by atoms with Gasteiger partial charge in [-0.3, -0.25) is 13.9 Å².